The Kier molecular flexibility index (Phi) is 3.25. The number of nitrogens with zero attached hydrogens (tertiary/aromatic N) is 2. The fourth-order valence-electron chi connectivity index (χ4n) is 2.42. The van der Waals surface area contributed by atoms with E-state index in [9.17, 15) is 13.6 Å². The number of para-hydroxylation sites is 1. The molecule has 5 heteroatoms. The van der Waals surface area contributed by atoms with Crippen LogP contribution in [0.2, 0.25) is 0 Å². The Morgan fingerprint density at radius 3 is 2.48 bits per heavy atom. The second kappa shape index (κ2) is 5.09. The summed E-state index contributed by atoms with van der Waals surface area (Å²) in [5.74, 6) is -2.31. The van der Waals surface area contributed by atoms with Crippen LogP contribution in [0.5, 0.6) is 0 Å². The Morgan fingerprint density at radius 1 is 1.10 bits per heavy atom. The predicted molar refractivity (Wildman–Crippen MR) is 75.1 cm³/mol. The number of hydrogen-bond donors (Lipinski definition) is 0. The van der Waals surface area contributed by atoms with E-state index in [-0.39, 0.29) is 6.42 Å². The molecule has 0 aliphatic rings. The molecule has 2 aromatic carbocycles. The molecule has 0 bridgehead atoms. The predicted octanol–water partition coefficient (Wildman–Crippen LogP) is 3.28. The molecular formula is C16H12F2N2O. The lowest BCUT2D eigenvalue weighted by atomic mass is 10.0. The zero-order valence-corrected chi connectivity index (χ0v) is 11.3. The third kappa shape index (κ3) is 2.31. The monoisotopic (exact) mass is 286 g/mol. The highest BCUT2D eigenvalue weighted by molar-refractivity contribution is 5.99. The number of ketones is 1. The maximum Gasteiger partial charge on any atom is 0.174 e. The van der Waals surface area contributed by atoms with E-state index in [1.54, 1.807) is 11.7 Å². The summed E-state index contributed by atoms with van der Waals surface area (Å²) in [6.07, 6.45) is -0.140. The molecule has 0 fully saturated rings. The molecule has 0 saturated carbocycles. The fraction of sp³-hybridized carbons (Fsp3) is 0.125. The van der Waals surface area contributed by atoms with Gasteiger partial charge in [-0.3, -0.25) is 9.48 Å². The van der Waals surface area contributed by atoms with E-state index in [1.807, 2.05) is 24.3 Å². The Hall–Kier alpha value is -2.56. The minimum absolute atomic E-state index is 0.140. The van der Waals surface area contributed by atoms with Gasteiger partial charge >= 0.3 is 0 Å². The number of carbonyl (C=O) groups excluding carboxylic acids is 1. The summed E-state index contributed by atoms with van der Waals surface area (Å²) >= 11 is 0. The summed E-state index contributed by atoms with van der Waals surface area (Å²) in [6, 6.07) is 10.8. The van der Waals surface area contributed by atoms with Crippen molar-refractivity contribution in [1.82, 2.24) is 9.78 Å². The van der Waals surface area contributed by atoms with Gasteiger partial charge in [0.15, 0.2) is 5.78 Å². The van der Waals surface area contributed by atoms with Crippen LogP contribution < -0.4 is 0 Å². The fourth-order valence-corrected chi connectivity index (χ4v) is 2.42. The largest absolute Gasteiger partial charge is 0.294 e. The quantitative estimate of drug-likeness (QED) is 0.693. The van der Waals surface area contributed by atoms with Gasteiger partial charge in [-0.1, -0.05) is 24.3 Å². The van der Waals surface area contributed by atoms with Crippen molar-refractivity contribution in [3.63, 3.8) is 0 Å². The molecule has 0 atom stereocenters. The van der Waals surface area contributed by atoms with Crippen molar-refractivity contribution in [3.05, 3.63) is 65.4 Å². The second-order valence-corrected chi connectivity index (χ2v) is 4.78. The van der Waals surface area contributed by atoms with Crippen LogP contribution >= 0.6 is 0 Å². The molecule has 0 saturated heterocycles. The number of fused-ring (bicyclic) bond motifs is 1. The molecule has 3 rings (SSSR count). The summed E-state index contributed by atoms with van der Waals surface area (Å²) in [6.45, 7) is 0. The van der Waals surface area contributed by atoms with Gasteiger partial charge in [0.1, 0.15) is 11.6 Å². The topological polar surface area (TPSA) is 34.9 Å². The standard InChI is InChI=1S/C16H12F2N2O/c1-20-14-8-3-2-5-10(14)13(19-20)9-15(21)16-11(17)6-4-7-12(16)18/h2-8H,9H2,1H3. The van der Waals surface area contributed by atoms with E-state index in [4.69, 9.17) is 0 Å². The van der Waals surface area contributed by atoms with Gasteiger partial charge in [0.2, 0.25) is 0 Å². The smallest absolute Gasteiger partial charge is 0.174 e. The first-order chi connectivity index (χ1) is 10.1. The molecule has 0 spiro atoms. The third-order valence-corrected chi connectivity index (χ3v) is 3.40. The van der Waals surface area contributed by atoms with Crippen molar-refractivity contribution in [2.45, 2.75) is 6.42 Å². The molecule has 0 aliphatic carbocycles. The molecule has 0 amide bonds. The van der Waals surface area contributed by atoms with Gasteiger partial charge in [-0.2, -0.15) is 5.10 Å². The number of halogens is 2. The first-order valence-electron chi connectivity index (χ1n) is 6.45. The summed E-state index contributed by atoms with van der Waals surface area (Å²) < 4.78 is 28.9. The molecule has 3 aromatic rings. The molecule has 21 heavy (non-hydrogen) atoms. The number of benzene rings is 2. The summed E-state index contributed by atoms with van der Waals surface area (Å²) in [7, 11) is 1.76. The Labute approximate surface area is 119 Å². The third-order valence-electron chi connectivity index (χ3n) is 3.40. The van der Waals surface area contributed by atoms with Gasteiger partial charge in [0.05, 0.1) is 23.2 Å². The molecule has 0 N–H and O–H groups in total. The molecule has 3 nitrogen and oxygen atoms in total. The van der Waals surface area contributed by atoms with E-state index in [0.717, 1.165) is 23.0 Å². The average molecular weight is 286 g/mol. The van der Waals surface area contributed by atoms with Crippen LogP contribution in [-0.2, 0) is 13.5 Å². The van der Waals surface area contributed by atoms with Crippen LogP contribution in [0.15, 0.2) is 42.5 Å². The summed E-state index contributed by atoms with van der Waals surface area (Å²) in [4.78, 5) is 12.2. The molecule has 1 aromatic heterocycles. The lowest BCUT2D eigenvalue weighted by molar-refractivity contribution is 0.0984. The highest BCUT2D eigenvalue weighted by Crippen LogP contribution is 2.20. The number of rotatable bonds is 3. The van der Waals surface area contributed by atoms with Crippen LogP contribution in [0.1, 0.15) is 16.1 Å². The van der Waals surface area contributed by atoms with Crippen molar-refractivity contribution in [2.75, 3.05) is 0 Å². The normalized spacial score (nSPS) is 11.0. The SMILES string of the molecule is Cn1nc(CC(=O)c2c(F)cccc2F)c2ccccc21. The number of Topliss-reactive ketones (excluding diaryl/α,β-unsaturated/α-hetero) is 1. The van der Waals surface area contributed by atoms with E-state index in [1.165, 1.54) is 6.07 Å². The minimum atomic E-state index is -0.847. The van der Waals surface area contributed by atoms with E-state index >= 15 is 0 Å². The zero-order chi connectivity index (χ0) is 15.0. The molecule has 1 heterocycles. The van der Waals surface area contributed by atoms with Crippen molar-refractivity contribution in [2.24, 2.45) is 7.05 Å². The molecule has 0 aliphatic heterocycles. The van der Waals surface area contributed by atoms with Gasteiger partial charge in [-0.25, -0.2) is 8.78 Å². The number of hydrogen-bond acceptors (Lipinski definition) is 2. The zero-order valence-electron chi connectivity index (χ0n) is 11.3. The lowest BCUT2D eigenvalue weighted by Crippen LogP contribution is -2.09. The van der Waals surface area contributed by atoms with Gasteiger partial charge in [-0.15, -0.1) is 0 Å². The van der Waals surface area contributed by atoms with Crippen LogP contribution in [0, 0.1) is 11.6 Å². The van der Waals surface area contributed by atoms with E-state index < -0.39 is 23.0 Å². The maximum absolute atomic E-state index is 13.6. The van der Waals surface area contributed by atoms with Crippen molar-refractivity contribution >= 4 is 16.7 Å². The van der Waals surface area contributed by atoms with E-state index in [0.29, 0.717) is 5.69 Å². The summed E-state index contributed by atoms with van der Waals surface area (Å²) in [5.41, 5.74) is 0.877. The van der Waals surface area contributed by atoms with Gasteiger partial charge in [0.25, 0.3) is 0 Å². The number of carbonyl (C=O) groups is 1. The summed E-state index contributed by atoms with van der Waals surface area (Å²) in [5, 5.41) is 5.08. The van der Waals surface area contributed by atoms with Crippen molar-refractivity contribution in [3.8, 4) is 0 Å². The molecular weight excluding hydrogens is 274 g/mol. The number of aryl methyl sites for hydroxylation is 1. The first kappa shape index (κ1) is 13.4. The van der Waals surface area contributed by atoms with Gasteiger partial charge in [-0.05, 0) is 18.2 Å². The van der Waals surface area contributed by atoms with Crippen LogP contribution in [-0.4, -0.2) is 15.6 Å². The highest BCUT2D eigenvalue weighted by Gasteiger charge is 2.19. The molecule has 0 unspecified atom stereocenters. The molecule has 0 radical (unpaired) electrons. The Balaban J connectivity index is 2.01. The van der Waals surface area contributed by atoms with Crippen LogP contribution in [0.25, 0.3) is 10.9 Å². The van der Waals surface area contributed by atoms with Crippen LogP contribution in [0.4, 0.5) is 8.78 Å². The second-order valence-electron chi connectivity index (χ2n) is 4.78. The van der Waals surface area contributed by atoms with Gasteiger partial charge < -0.3 is 0 Å². The molecule has 106 valence electrons. The van der Waals surface area contributed by atoms with E-state index in [2.05, 4.69) is 5.10 Å². The minimum Gasteiger partial charge on any atom is -0.294 e. The van der Waals surface area contributed by atoms with Crippen molar-refractivity contribution in [1.29, 1.82) is 0 Å². The first-order valence-corrected chi connectivity index (χ1v) is 6.45. The van der Waals surface area contributed by atoms with Crippen molar-refractivity contribution < 1.29 is 13.6 Å². The maximum atomic E-state index is 13.6. The lowest BCUT2D eigenvalue weighted by Gasteiger charge is -2.02. The van der Waals surface area contributed by atoms with Gasteiger partial charge in [0, 0.05) is 12.4 Å². The Bertz CT molecular complexity index is 819. The average Bonchev–Trinajstić information content (AvgIpc) is 2.76. The Morgan fingerprint density at radius 2 is 1.76 bits per heavy atom. The van der Waals surface area contributed by atoms with Crippen LogP contribution in [0.3, 0.4) is 0 Å². The highest BCUT2D eigenvalue weighted by atomic mass is 19.1. The number of aromatic nitrogens is 2.